The van der Waals surface area contributed by atoms with Gasteiger partial charge in [0.1, 0.15) is 28.9 Å². The molecule has 4 rings (SSSR count). The third kappa shape index (κ3) is 7.36. The van der Waals surface area contributed by atoms with Crippen molar-refractivity contribution in [1.29, 1.82) is 0 Å². The standard InChI is InChI=1S/C29H30OP.H3O4P/c1-22-8-5-11-27(18-22)31(28-12-6-9-23(2)19-28,29-13-7-10-24(3)20-29)21-25-14-16-26(30-4)17-15-25;1-5(2,3)4/h5-20H,21H2,1-4H3;(H3,1,2,3,4)/q+1;. The Morgan fingerprint density at radius 1 is 0.667 bits per heavy atom. The van der Waals surface area contributed by atoms with Gasteiger partial charge in [-0.15, -0.1) is 0 Å². The number of phosphoric acid groups is 1. The van der Waals surface area contributed by atoms with E-state index in [1.165, 1.54) is 38.2 Å². The Bertz CT molecular complexity index is 1230. The minimum absolute atomic E-state index is 0.898. The number of methoxy groups -OCH3 is 1. The van der Waals surface area contributed by atoms with Crippen LogP contribution in [0, 0.1) is 20.8 Å². The zero-order chi connectivity index (χ0) is 26.3. The first-order chi connectivity index (χ1) is 17.0. The molecule has 0 bridgehead atoms. The molecular weight excluding hydrogens is 490 g/mol. The fourth-order valence-corrected chi connectivity index (χ4v) is 8.82. The third-order valence-electron chi connectivity index (χ3n) is 5.91. The Balaban J connectivity index is 0.000000658. The molecule has 0 saturated carbocycles. The van der Waals surface area contributed by atoms with Gasteiger partial charge in [0, 0.05) is 0 Å². The van der Waals surface area contributed by atoms with Gasteiger partial charge in [0.15, 0.2) is 0 Å². The Labute approximate surface area is 214 Å². The highest BCUT2D eigenvalue weighted by molar-refractivity contribution is 7.95. The first-order valence-corrected chi connectivity index (χ1v) is 15.1. The van der Waals surface area contributed by atoms with Gasteiger partial charge < -0.3 is 19.4 Å². The van der Waals surface area contributed by atoms with Crippen molar-refractivity contribution in [2.75, 3.05) is 7.11 Å². The van der Waals surface area contributed by atoms with Crippen molar-refractivity contribution in [3.63, 3.8) is 0 Å². The Morgan fingerprint density at radius 3 is 1.33 bits per heavy atom. The number of ether oxygens (including phenoxy) is 1. The van der Waals surface area contributed by atoms with Gasteiger partial charge in [-0.3, -0.25) is 0 Å². The molecule has 0 aliphatic heterocycles. The zero-order valence-corrected chi connectivity index (χ0v) is 22.8. The lowest BCUT2D eigenvalue weighted by Crippen LogP contribution is -2.33. The first kappa shape index (κ1) is 27.8. The molecule has 5 nitrogen and oxygen atoms in total. The minimum atomic E-state index is -4.64. The molecule has 4 aromatic carbocycles. The highest BCUT2D eigenvalue weighted by Gasteiger charge is 2.45. The molecule has 4 aromatic rings. The molecule has 0 unspecified atom stereocenters. The highest BCUT2D eigenvalue weighted by atomic mass is 31.2. The molecule has 188 valence electrons. The number of hydrogen-bond acceptors (Lipinski definition) is 2. The van der Waals surface area contributed by atoms with Gasteiger partial charge >= 0.3 is 7.82 Å². The summed E-state index contributed by atoms with van der Waals surface area (Å²) in [6.07, 6.45) is 0.980. The summed E-state index contributed by atoms with van der Waals surface area (Å²) in [5, 5.41) is 4.29. The summed E-state index contributed by atoms with van der Waals surface area (Å²) in [6, 6.07) is 35.9. The van der Waals surface area contributed by atoms with E-state index in [0.29, 0.717) is 0 Å². The average Bonchev–Trinajstić information content (AvgIpc) is 2.82. The van der Waals surface area contributed by atoms with Crippen LogP contribution in [0.25, 0.3) is 0 Å². The number of benzene rings is 4. The van der Waals surface area contributed by atoms with Crippen molar-refractivity contribution in [1.82, 2.24) is 0 Å². The lowest BCUT2D eigenvalue weighted by molar-refractivity contribution is 0.275. The quantitative estimate of drug-likeness (QED) is 0.303. The molecule has 7 heteroatoms. The van der Waals surface area contributed by atoms with Gasteiger partial charge in [0.05, 0.1) is 13.3 Å². The van der Waals surface area contributed by atoms with Crippen LogP contribution >= 0.6 is 15.1 Å². The Kier molecular flexibility index (Phi) is 9.24. The molecule has 0 aromatic heterocycles. The summed E-state index contributed by atoms with van der Waals surface area (Å²) in [7, 11) is -4.84. The van der Waals surface area contributed by atoms with Crippen LogP contribution in [0.4, 0.5) is 0 Å². The van der Waals surface area contributed by atoms with Crippen LogP contribution in [0.15, 0.2) is 97.1 Å². The average molecular weight is 524 g/mol. The van der Waals surface area contributed by atoms with Crippen molar-refractivity contribution in [2.24, 2.45) is 0 Å². The molecule has 0 aliphatic carbocycles. The molecule has 3 N–H and O–H groups in total. The summed E-state index contributed by atoms with van der Waals surface area (Å²) in [6.45, 7) is 6.58. The van der Waals surface area contributed by atoms with E-state index in [0.717, 1.165) is 11.9 Å². The zero-order valence-electron chi connectivity index (χ0n) is 21.0. The lowest BCUT2D eigenvalue weighted by atomic mass is 10.2. The van der Waals surface area contributed by atoms with Gasteiger partial charge in [0.25, 0.3) is 0 Å². The summed E-state index contributed by atoms with van der Waals surface area (Å²) in [5.41, 5.74) is 5.24. The summed E-state index contributed by atoms with van der Waals surface area (Å²) in [5.74, 6) is 0.898. The van der Waals surface area contributed by atoms with Crippen LogP contribution in [-0.2, 0) is 10.7 Å². The van der Waals surface area contributed by atoms with Crippen LogP contribution in [-0.4, -0.2) is 21.8 Å². The van der Waals surface area contributed by atoms with Crippen molar-refractivity contribution in [3.8, 4) is 5.75 Å². The molecular formula is C29H33O5P2+. The lowest BCUT2D eigenvalue weighted by Gasteiger charge is -2.28. The number of aryl methyl sites for hydroxylation is 3. The van der Waals surface area contributed by atoms with Crippen LogP contribution in [0.5, 0.6) is 5.75 Å². The molecule has 0 spiro atoms. The van der Waals surface area contributed by atoms with Gasteiger partial charge in [-0.25, -0.2) is 4.57 Å². The van der Waals surface area contributed by atoms with Gasteiger partial charge in [0.2, 0.25) is 0 Å². The van der Waals surface area contributed by atoms with Crippen molar-refractivity contribution < 1.29 is 24.0 Å². The normalized spacial score (nSPS) is 11.4. The second-order valence-electron chi connectivity index (χ2n) is 8.85. The van der Waals surface area contributed by atoms with Gasteiger partial charge in [-0.2, -0.15) is 0 Å². The van der Waals surface area contributed by atoms with E-state index in [1.807, 2.05) is 0 Å². The van der Waals surface area contributed by atoms with E-state index < -0.39 is 15.1 Å². The molecule has 0 aliphatic rings. The van der Waals surface area contributed by atoms with E-state index in [4.69, 9.17) is 24.0 Å². The van der Waals surface area contributed by atoms with E-state index >= 15 is 0 Å². The van der Waals surface area contributed by atoms with Gasteiger partial charge in [-0.05, 0) is 91.6 Å². The smallest absolute Gasteiger partial charge is 0.466 e. The van der Waals surface area contributed by atoms with Gasteiger partial charge in [-0.1, -0.05) is 48.5 Å². The fourth-order valence-electron chi connectivity index (χ4n) is 4.32. The molecule has 0 fully saturated rings. The SMILES string of the molecule is COc1ccc(C[P+](c2cccc(C)c2)(c2cccc(C)c2)c2cccc(C)c2)cc1.O=P(O)(O)O. The maximum Gasteiger partial charge on any atom is 0.466 e. The predicted molar refractivity (Wildman–Crippen MR) is 150 cm³/mol. The van der Waals surface area contributed by atoms with E-state index in [9.17, 15) is 0 Å². The molecule has 36 heavy (non-hydrogen) atoms. The molecule has 0 atom stereocenters. The van der Waals surface area contributed by atoms with Crippen molar-refractivity contribution in [3.05, 3.63) is 119 Å². The van der Waals surface area contributed by atoms with Crippen LogP contribution in [0.2, 0.25) is 0 Å². The number of rotatable bonds is 6. The summed E-state index contributed by atoms with van der Waals surface area (Å²) >= 11 is 0. The third-order valence-corrected chi connectivity index (χ3v) is 10.2. The molecule has 0 saturated heterocycles. The Morgan fingerprint density at radius 2 is 1.03 bits per heavy atom. The first-order valence-electron chi connectivity index (χ1n) is 11.5. The monoisotopic (exact) mass is 523 g/mol. The maximum absolute atomic E-state index is 8.88. The summed E-state index contributed by atoms with van der Waals surface area (Å²) < 4.78 is 14.3. The fraction of sp³-hybridized carbons (Fsp3) is 0.172. The minimum Gasteiger partial charge on any atom is -0.497 e. The molecule has 0 heterocycles. The Hall–Kier alpha value is -2.78. The maximum atomic E-state index is 8.88. The van der Waals surface area contributed by atoms with E-state index in [2.05, 4.69) is 118 Å². The molecule has 0 amide bonds. The van der Waals surface area contributed by atoms with Crippen molar-refractivity contribution in [2.45, 2.75) is 26.9 Å². The second kappa shape index (κ2) is 12.0. The second-order valence-corrected chi connectivity index (χ2v) is 13.4. The van der Waals surface area contributed by atoms with Crippen LogP contribution in [0.1, 0.15) is 22.3 Å². The van der Waals surface area contributed by atoms with Crippen molar-refractivity contribution >= 4 is 31.0 Å². The molecule has 0 radical (unpaired) electrons. The number of hydrogen-bond donors (Lipinski definition) is 3. The van der Waals surface area contributed by atoms with E-state index in [1.54, 1.807) is 7.11 Å². The summed E-state index contributed by atoms with van der Waals surface area (Å²) in [4.78, 5) is 21.6. The van der Waals surface area contributed by atoms with Crippen LogP contribution in [0.3, 0.4) is 0 Å². The largest absolute Gasteiger partial charge is 0.497 e. The topological polar surface area (TPSA) is 87.0 Å². The highest BCUT2D eigenvalue weighted by Crippen LogP contribution is 2.58. The van der Waals surface area contributed by atoms with Crippen LogP contribution < -0.4 is 20.7 Å². The van der Waals surface area contributed by atoms with E-state index in [-0.39, 0.29) is 0 Å². The predicted octanol–water partition coefficient (Wildman–Crippen LogP) is 5.19.